The summed E-state index contributed by atoms with van der Waals surface area (Å²) in [6.45, 7) is 9.25. The fourth-order valence-electron chi connectivity index (χ4n) is 2.18. The van der Waals surface area contributed by atoms with E-state index in [0.717, 1.165) is 19.4 Å². The Bertz CT molecular complexity index is 181. The summed E-state index contributed by atoms with van der Waals surface area (Å²) in [6, 6.07) is 0.521. The Hall–Kier alpha value is -0.340. The minimum Gasteiger partial charge on any atom is -0.374 e. The monoisotopic (exact) mass is 211 g/mol. The van der Waals surface area contributed by atoms with Crippen molar-refractivity contribution in [2.24, 2.45) is 0 Å². The molecule has 0 saturated carbocycles. The molecular formula is C13H25NO. The Morgan fingerprint density at radius 2 is 2.33 bits per heavy atom. The van der Waals surface area contributed by atoms with Crippen LogP contribution in [0, 0.1) is 0 Å². The molecule has 1 aliphatic rings. The number of allylic oxidation sites excluding steroid dienone is 1. The summed E-state index contributed by atoms with van der Waals surface area (Å²) < 4.78 is 5.92. The van der Waals surface area contributed by atoms with Crippen LogP contribution in [0.1, 0.15) is 46.0 Å². The molecule has 2 heteroatoms. The second-order valence-electron chi connectivity index (χ2n) is 4.49. The standard InChI is InChI=1S/C13H25NO/c1-4-6-7-12(14-10-5-2)13-9-8-11(3)15-13/h4,11-14H,1,5-10H2,2-3H3. The average Bonchev–Trinajstić information content (AvgIpc) is 2.65. The van der Waals surface area contributed by atoms with Gasteiger partial charge in [0.15, 0.2) is 0 Å². The van der Waals surface area contributed by atoms with E-state index < -0.39 is 0 Å². The van der Waals surface area contributed by atoms with E-state index in [4.69, 9.17) is 4.74 Å². The topological polar surface area (TPSA) is 21.3 Å². The third-order valence-electron chi connectivity index (χ3n) is 3.05. The van der Waals surface area contributed by atoms with Gasteiger partial charge < -0.3 is 10.1 Å². The fraction of sp³-hybridized carbons (Fsp3) is 0.846. The van der Waals surface area contributed by atoms with E-state index in [-0.39, 0.29) is 0 Å². The maximum Gasteiger partial charge on any atom is 0.0732 e. The van der Waals surface area contributed by atoms with E-state index in [2.05, 4.69) is 25.7 Å². The van der Waals surface area contributed by atoms with Crippen LogP contribution in [-0.4, -0.2) is 24.8 Å². The van der Waals surface area contributed by atoms with Gasteiger partial charge in [-0.25, -0.2) is 0 Å². The molecule has 0 aromatic carbocycles. The van der Waals surface area contributed by atoms with Crippen LogP contribution in [0.3, 0.4) is 0 Å². The molecular weight excluding hydrogens is 186 g/mol. The molecule has 0 aromatic rings. The first-order valence-electron chi connectivity index (χ1n) is 6.27. The number of rotatable bonds is 7. The molecule has 0 bridgehead atoms. The van der Waals surface area contributed by atoms with Gasteiger partial charge in [0.25, 0.3) is 0 Å². The lowest BCUT2D eigenvalue weighted by Gasteiger charge is -2.24. The van der Waals surface area contributed by atoms with Crippen LogP contribution in [0.4, 0.5) is 0 Å². The highest BCUT2D eigenvalue weighted by Gasteiger charge is 2.28. The van der Waals surface area contributed by atoms with Gasteiger partial charge in [0.2, 0.25) is 0 Å². The quantitative estimate of drug-likeness (QED) is 0.654. The Balaban J connectivity index is 2.36. The molecule has 0 aromatic heterocycles. The smallest absolute Gasteiger partial charge is 0.0732 e. The highest BCUT2D eigenvalue weighted by atomic mass is 16.5. The van der Waals surface area contributed by atoms with Gasteiger partial charge in [-0.15, -0.1) is 6.58 Å². The summed E-state index contributed by atoms with van der Waals surface area (Å²) in [4.78, 5) is 0. The first kappa shape index (κ1) is 12.7. The van der Waals surface area contributed by atoms with Crippen LogP contribution in [0.25, 0.3) is 0 Å². The van der Waals surface area contributed by atoms with Gasteiger partial charge in [0.1, 0.15) is 0 Å². The van der Waals surface area contributed by atoms with Crippen LogP contribution in [0.2, 0.25) is 0 Å². The molecule has 1 N–H and O–H groups in total. The summed E-state index contributed by atoms with van der Waals surface area (Å²) in [5, 5.41) is 3.59. The Kier molecular flexibility index (Phi) is 5.96. The molecule has 1 rings (SSSR count). The van der Waals surface area contributed by atoms with Crippen LogP contribution in [-0.2, 0) is 4.74 Å². The molecule has 1 saturated heterocycles. The zero-order chi connectivity index (χ0) is 11.1. The zero-order valence-electron chi connectivity index (χ0n) is 10.2. The molecule has 1 heterocycles. The van der Waals surface area contributed by atoms with E-state index in [1.54, 1.807) is 0 Å². The molecule has 2 nitrogen and oxygen atoms in total. The maximum atomic E-state index is 5.92. The van der Waals surface area contributed by atoms with Crippen molar-refractivity contribution in [3.8, 4) is 0 Å². The minimum atomic E-state index is 0.423. The maximum absolute atomic E-state index is 5.92. The summed E-state index contributed by atoms with van der Waals surface area (Å²) in [6.07, 6.45) is 8.71. The highest BCUT2D eigenvalue weighted by molar-refractivity contribution is 4.84. The molecule has 0 amide bonds. The summed E-state index contributed by atoms with van der Waals surface area (Å²) in [5.74, 6) is 0. The van der Waals surface area contributed by atoms with E-state index in [0.29, 0.717) is 18.2 Å². The van der Waals surface area contributed by atoms with Gasteiger partial charge in [0.05, 0.1) is 12.2 Å². The molecule has 1 aliphatic heterocycles. The first-order chi connectivity index (χ1) is 7.27. The van der Waals surface area contributed by atoms with Crippen molar-refractivity contribution < 1.29 is 4.74 Å². The molecule has 0 aliphatic carbocycles. The molecule has 1 fully saturated rings. The third-order valence-corrected chi connectivity index (χ3v) is 3.05. The lowest BCUT2D eigenvalue weighted by molar-refractivity contribution is 0.0303. The number of hydrogen-bond donors (Lipinski definition) is 1. The van der Waals surface area contributed by atoms with E-state index >= 15 is 0 Å². The van der Waals surface area contributed by atoms with Crippen LogP contribution < -0.4 is 5.32 Å². The molecule has 88 valence electrons. The second-order valence-corrected chi connectivity index (χ2v) is 4.49. The van der Waals surface area contributed by atoms with Crippen LogP contribution in [0.15, 0.2) is 12.7 Å². The van der Waals surface area contributed by atoms with Crippen molar-refractivity contribution in [2.45, 2.75) is 64.2 Å². The number of ether oxygens (including phenoxy) is 1. The van der Waals surface area contributed by atoms with E-state index in [1.807, 2.05) is 6.08 Å². The minimum absolute atomic E-state index is 0.423. The van der Waals surface area contributed by atoms with Crippen molar-refractivity contribution in [1.82, 2.24) is 5.32 Å². The van der Waals surface area contributed by atoms with Crippen molar-refractivity contribution in [3.63, 3.8) is 0 Å². The largest absolute Gasteiger partial charge is 0.374 e. The van der Waals surface area contributed by atoms with Gasteiger partial charge in [-0.3, -0.25) is 0 Å². The van der Waals surface area contributed by atoms with Crippen molar-refractivity contribution in [3.05, 3.63) is 12.7 Å². The molecule has 0 radical (unpaired) electrons. The predicted molar refractivity (Wildman–Crippen MR) is 65.1 cm³/mol. The van der Waals surface area contributed by atoms with Crippen LogP contribution >= 0.6 is 0 Å². The zero-order valence-corrected chi connectivity index (χ0v) is 10.2. The van der Waals surface area contributed by atoms with Crippen molar-refractivity contribution >= 4 is 0 Å². The first-order valence-corrected chi connectivity index (χ1v) is 6.27. The van der Waals surface area contributed by atoms with Crippen molar-refractivity contribution in [2.75, 3.05) is 6.54 Å². The summed E-state index contributed by atoms with van der Waals surface area (Å²) >= 11 is 0. The van der Waals surface area contributed by atoms with Gasteiger partial charge >= 0.3 is 0 Å². The average molecular weight is 211 g/mol. The fourth-order valence-corrected chi connectivity index (χ4v) is 2.18. The Morgan fingerprint density at radius 3 is 2.87 bits per heavy atom. The molecule has 3 unspecified atom stereocenters. The molecule has 3 atom stereocenters. The Morgan fingerprint density at radius 1 is 1.53 bits per heavy atom. The lowest BCUT2D eigenvalue weighted by atomic mass is 10.0. The highest BCUT2D eigenvalue weighted by Crippen LogP contribution is 2.23. The lowest BCUT2D eigenvalue weighted by Crippen LogP contribution is -2.40. The van der Waals surface area contributed by atoms with Gasteiger partial charge in [-0.1, -0.05) is 13.0 Å². The van der Waals surface area contributed by atoms with Gasteiger partial charge in [-0.2, -0.15) is 0 Å². The van der Waals surface area contributed by atoms with Gasteiger partial charge in [-0.05, 0) is 45.6 Å². The number of hydrogen-bond acceptors (Lipinski definition) is 2. The normalized spacial score (nSPS) is 27.9. The van der Waals surface area contributed by atoms with E-state index in [1.165, 1.54) is 19.3 Å². The predicted octanol–water partition coefficient (Wildman–Crippen LogP) is 2.89. The Labute approximate surface area is 94.1 Å². The number of nitrogens with one attached hydrogen (secondary N) is 1. The molecule has 0 spiro atoms. The van der Waals surface area contributed by atoms with Crippen LogP contribution in [0.5, 0.6) is 0 Å². The van der Waals surface area contributed by atoms with Gasteiger partial charge in [0, 0.05) is 6.04 Å². The van der Waals surface area contributed by atoms with Crippen molar-refractivity contribution in [1.29, 1.82) is 0 Å². The summed E-state index contributed by atoms with van der Waals surface area (Å²) in [7, 11) is 0. The third kappa shape index (κ3) is 4.35. The summed E-state index contributed by atoms with van der Waals surface area (Å²) in [5.41, 5.74) is 0. The van der Waals surface area contributed by atoms with E-state index in [9.17, 15) is 0 Å². The SMILES string of the molecule is C=CCCC(NCCC)C1CCC(C)O1. The molecule has 15 heavy (non-hydrogen) atoms. The second kappa shape index (κ2) is 7.02.